The number of carbonyl (C=O) groups excluding carboxylic acids is 1. The molecular weight excluding hydrogens is 451 g/mol. The van der Waals surface area contributed by atoms with E-state index in [-0.39, 0.29) is 41.5 Å². The molecular formula is C22H21FN4O3S2. The van der Waals surface area contributed by atoms with Crippen LogP contribution < -0.4 is 4.90 Å². The van der Waals surface area contributed by atoms with Crippen molar-refractivity contribution in [3.63, 3.8) is 0 Å². The number of sulfone groups is 1. The van der Waals surface area contributed by atoms with Gasteiger partial charge in [-0.25, -0.2) is 17.8 Å². The first-order chi connectivity index (χ1) is 15.4. The molecule has 0 spiro atoms. The fourth-order valence-corrected chi connectivity index (χ4v) is 5.63. The Kier molecular flexibility index (Phi) is 6.61. The van der Waals surface area contributed by atoms with Crippen LogP contribution in [0.4, 0.5) is 9.52 Å². The van der Waals surface area contributed by atoms with Crippen LogP contribution in [0.1, 0.15) is 12.8 Å². The van der Waals surface area contributed by atoms with Crippen LogP contribution in [0.15, 0.2) is 71.9 Å². The van der Waals surface area contributed by atoms with Gasteiger partial charge in [-0.15, -0.1) is 0 Å². The first kappa shape index (κ1) is 22.1. The quantitative estimate of drug-likeness (QED) is 0.369. The average Bonchev–Trinajstić information content (AvgIpc) is 3.45. The number of anilines is 1. The molecule has 2 aromatic heterocycles. The number of para-hydroxylation sites is 1. The summed E-state index contributed by atoms with van der Waals surface area (Å²) in [6, 6.07) is 14.6. The zero-order valence-electron chi connectivity index (χ0n) is 17.1. The number of fused-ring (bicyclic) bond motifs is 1. The number of halogens is 1. The van der Waals surface area contributed by atoms with Gasteiger partial charge < -0.3 is 0 Å². The fraction of sp³-hybridized carbons (Fsp3) is 0.227. The summed E-state index contributed by atoms with van der Waals surface area (Å²) in [6.07, 6.45) is 3.64. The number of nitrogens with zero attached hydrogens (tertiary/aromatic N) is 4. The highest BCUT2D eigenvalue weighted by molar-refractivity contribution is 7.91. The monoisotopic (exact) mass is 472 g/mol. The van der Waals surface area contributed by atoms with Crippen LogP contribution in [0, 0.1) is 5.82 Å². The Labute approximate surface area is 189 Å². The van der Waals surface area contributed by atoms with E-state index < -0.39 is 15.7 Å². The van der Waals surface area contributed by atoms with Gasteiger partial charge in [0.05, 0.1) is 21.9 Å². The van der Waals surface area contributed by atoms with Gasteiger partial charge in [-0.05, 0) is 36.8 Å². The van der Waals surface area contributed by atoms with Gasteiger partial charge in [0, 0.05) is 25.4 Å². The molecule has 166 valence electrons. The zero-order valence-corrected chi connectivity index (χ0v) is 18.7. The minimum absolute atomic E-state index is 0.0313. The lowest BCUT2D eigenvalue weighted by Crippen LogP contribution is -2.34. The highest BCUT2D eigenvalue weighted by Crippen LogP contribution is 2.30. The molecule has 4 aromatic rings. The maximum atomic E-state index is 14.1. The molecule has 0 aliphatic heterocycles. The number of amides is 1. The third kappa shape index (κ3) is 5.03. The molecule has 0 aliphatic rings. The molecule has 7 nitrogen and oxygen atoms in total. The van der Waals surface area contributed by atoms with Crippen molar-refractivity contribution < 1.29 is 17.6 Å². The smallest absolute Gasteiger partial charge is 0.228 e. The molecule has 0 aliphatic carbocycles. The lowest BCUT2D eigenvalue weighted by molar-refractivity contribution is -0.118. The Morgan fingerprint density at radius 2 is 1.91 bits per heavy atom. The van der Waals surface area contributed by atoms with Gasteiger partial charge in [0.1, 0.15) is 11.3 Å². The second-order valence-corrected chi connectivity index (χ2v) is 10.3. The first-order valence-electron chi connectivity index (χ1n) is 10.0. The summed E-state index contributed by atoms with van der Waals surface area (Å²) < 4.78 is 41.5. The predicted octanol–water partition coefficient (Wildman–Crippen LogP) is 3.92. The zero-order chi connectivity index (χ0) is 22.6. The van der Waals surface area contributed by atoms with E-state index in [1.54, 1.807) is 65.6 Å². The molecule has 0 saturated carbocycles. The van der Waals surface area contributed by atoms with Gasteiger partial charge in [0.15, 0.2) is 15.0 Å². The molecule has 0 fully saturated rings. The van der Waals surface area contributed by atoms with Crippen molar-refractivity contribution in [3.8, 4) is 0 Å². The van der Waals surface area contributed by atoms with Crippen LogP contribution in [-0.4, -0.2) is 41.4 Å². The van der Waals surface area contributed by atoms with Crippen LogP contribution in [0.5, 0.6) is 0 Å². The van der Waals surface area contributed by atoms with Crippen LogP contribution in [0.2, 0.25) is 0 Å². The van der Waals surface area contributed by atoms with Crippen molar-refractivity contribution in [2.24, 2.45) is 0 Å². The van der Waals surface area contributed by atoms with Crippen LogP contribution >= 0.6 is 11.3 Å². The van der Waals surface area contributed by atoms with E-state index in [0.29, 0.717) is 16.4 Å². The molecule has 32 heavy (non-hydrogen) atoms. The lowest BCUT2D eigenvalue weighted by atomic mass is 10.3. The fourth-order valence-electron chi connectivity index (χ4n) is 3.27. The van der Waals surface area contributed by atoms with Gasteiger partial charge in [0.2, 0.25) is 5.91 Å². The van der Waals surface area contributed by atoms with E-state index in [4.69, 9.17) is 0 Å². The maximum absolute atomic E-state index is 14.1. The Bertz CT molecular complexity index is 1310. The van der Waals surface area contributed by atoms with E-state index in [1.807, 2.05) is 0 Å². The van der Waals surface area contributed by atoms with Gasteiger partial charge >= 0.3 is 0 Å². The third-order valence-electron chi connectivity index (χ3n) is 4.91. The maximum Gasteiger partial charge on any atom is 0.228 e. The average molecular weight is 473 g/mol. The Morgan fingerprint density at radius 3 is 2.62 bits per heavy atom. The number of hydrogen-bond donors (Lipinski definition) is 0. The molecule has 2 aromatic carbocycles. The van der Waals surface area contributed by atoms with Crippen LogP contribution in [-0.2, 0) is 21.2 Å². The number of aromatic nitrogens is 3. The highest BCUT2D eigenvalue weighted by Gasteiger charge is 2.22. The molecule has 0 radical (unpaired) electrons. The molecule has 0 atom stereocenters. The summed E-state index contributed by atoms with van der Waals surface area (Å²) in [7, 11) is -3.47. The summed E-state index contributed by atoms with van der Waals surface area (Å²) in [5.74, 6) is -0.845. The summed E-state index contributed by atoms with van der Waals surface area (Å²) in [4.78, 5) is 19.1. The summed E-state index contributed by atoms with van der Waals surface area (Å²) in [5, 5.41) is 4.53. The normalized spacial score (nSPS) is 11.7. The largest absolute Gasteiger partial charge is 0.286 e. The Morgan fingerprint density at radius 1 is 1.09 bits per heavy atom. The van der Waals surface area contributed by atoms with E-state index in [0.717, 1.165) is 0 Å². The number of rotatable bonds is 9. The summed E-state index contributed by atoms with van der Waals surface area (Å²) >= 11 is 1.23. The number of carbonyl (C=O) groups is 1. The number of thiazole rings is 1. The number of benzene rings is 2. The molecule has 10 heteroatoms. The number of hydrogen-bond acceptors (Lipinski definition) is 6. The van der Waals surface area contributed by atoms with E-state index in [9.17, 15) is 17.6 Å². The highest BCUT2D eigenvalue weighted by atomic mass is 32.2. The van der Waals surface area contributed by atoms with Crippen molar-refractivity contribution in [1.82, 2.24) is 14.8 Å². The summed E-state index contributed by atoms with van der Waals surface area (Å²) in [6.45, 7) is 0.715. The van der Waals surface area contributed by atoms with Crippen LogP contribution in [0.25, 0.3) is 10.2 Å². The van der Waals surface area contributed by atoms with Crippen molar-refractivity contribution in [2.75, 3.05) is 17.2 Å². The van der Waals surface area contributed by atoms with Crippen molar-refractivity contribution in [1.29, 1.82) is 0 Å². The predicted molar refractivity (Wildman–Crippen MR) is 122 cm³/mol. The molecule has 1 amide bonds. The van der Waals surface area contributed by atoms with Gasteiger partial charge in [-0.2, -0.15) is 5.10 Å². The second kappa shape index (κ2) is 9.58. The molecule has 2 heterocycles. The van der Waals surface area contributed by atoms with Crippen molar-refractivity contribution in [3.05, 3.63) is 72.8 Å². The topological polar surface area (TPSA) is 85.2 Å². The standard InChI is InChI=1S/C22H21FN4O3S2/c23-18-9-4-10-19-21(18)25-22(31-19)27(15-14-26-13-6-12-24-26)20(28)11-5-16-32(29,30)17-7-2-1-3-8-17/h1-4,6-10,12-13H,5,11,14-16H2. The Balaban J connectivity index is 1.49. The van der Waals surface area contributed by atoms with E-state index in [1.165, 1.54) is 22.3 Å². The van der Waals surface area contributed by atoms with E-state index >= 15 is 0 Å². The lowest BCUT2D eigenvalue weighted by Gasteiger charge is -2.20. The molecule has 0 unspecified atom stereocenters. The summed E-state index contributed by atoms with van der Waals surface area (Å²) in [5.41, 5.74) is 0.219. The SMILES string of the molecule is O=C(CCCS(=O)(=O)c1ccccc1)N(CCn1cccn1)c1nc2c(F)cccc2s1. The first-order valence-corrected chi connectivity index (χ1v) is 12.5. The Hall–Kier alpha value is -3.11. The van der Waals surface area contributed by atoms with Crippen molar-refractivity contribution in [2.45, 2.75) is 24.3 Å². The van der Waals surface area contributed by atoms with Gasteiger partial charge in [0.25, 0.3) is 0 Å². The second-order valence-electron chi connectivity index (χ2n) is 7.13. The van der Waals surface area contributed by atoms with Gasteiger partial charge in [-0.1, -0.05) is 35.6 Å². The molecule has 0 bridgehead atoms. The minimum Gasteiger partial charge on any atom is -0.286 e. The molecule has 0 saturated heterocycles. The van der Waals surface area contributed by atoms with Crippen molar-refractivity contribution >= 4 is 42.4 Å². The minimum atomic E-state index is -3.47. The molecule has 4 rings (SSSR count). The van der Waals surface area contributed by atoms with E-state index in [2.05, 4.69) is 10.1 Å². The molecule has 0 N–H and O–H groups in total. The van der Waals surface area contributed by atoms with Gasteiger partial charge in [-0.3, -0.25) is 14.4 Å². The third-order valence-corrected chi connectivity index (χ3v) is 7.77. The van der Waals surface area contributed by atoms with Crippen LogP contribution in [0.3, 0.4) is 0 Å².